The molecule has 9 nitrogen and oxygen atoms in total. The number of rotatable bonds is 6. The smallest absolute Gasteiger partial charge is 0.407 e. The predicted molar refractivity (Wildman–Crippen MR) is 136 cm³/mol. The summed E-state index contributed by atoms with van der Waals surface area (Å²) in [5.41, 5.74) is 2.44. The standard InChI is InChI=1S/C27H32FN5O4/c1-14-20(25(34)32-18-9-10-33(26(35)36)24(18)27(2,3)4)22-23(31-14)21(29-13-30-22)17-11-16(28)7-8-19(17)37-12-15-5-6-15/h7-8,11,13,15,18,24,31H,5-6,9-10,12H2,1-4H3,(H,32,34)(H,35,36)/t18-,24?/m1/s1. The number of nitrogens with zero attached hydrogens (tertiary/aromatic N) is 3. The average molecular weight is 510 g/mol. The molecule has 1 aliphatic carbocycles. The topological polar surface area (TPSA) is 120 Å². The molecule has 3 heterocycles. The van der Waals surface area contributed by atoms with E-state index in [4.69, 9.17) is 4.74 Å². The molecule has 2 atom stereocenters. The number of benzene rings is 1. The van der Waals surface area contributed by atoms with Crippen molar-refractivity contribution >= 4 is 23.0 Å². The third-order valence-corrected chi connectivity index (χ3v) is 7.21. The van der Waals surface area contributed by atoms with Gasteiger partial charge in [0.05, 0.1) is 29.8 Å². The molecule has 2 amide bonds. The molecule has 0 radical (unpaired) electrons. The lowest BCUT2D eigenvalue weighted by atomic mass is 9.82. The van der Waals surface area contributed by atoms with Gasteiger partial charge >= 0.3 is 6.09 Å². The summed E-state index contributed by atoms with van der Waals surface area (Å²) in [6.45, 7) is 8.59. The number of aromatic nitrogens is 3. The van der Waals surface area contributed by atoms with Crippen LogP contribution in [0.25, 0.3) is 22.3 Å². The molecule has 196 valence electrons. The zero-order valence-electron chi connectivity index (χ0n) is 21.5. The van der Waals surface area contributed by atoms with E-state index in [1.807, 2.05) is 20.8 Å². The number of aromatic amines is 1. The number of nitrogens with one attached hydrogen (secondary N) is 2. The normalized spacial score (nSPS) is 19.9. The Morgan fingerprint density at radius 3 is 2.68 bits per heavy atom. The molecule has 3 N–H and O–H groups in total. The lowest BCUT2D eigenvalue weighted by Crippen LogP contribution is -2.52. The molecule has 5 rings (SSSR count). The first kappa shape index (κ1) is 25.0. The lowest BCUT2D eigenvalue weighted by molar-refractivity contribution is 0.0827. The summed E-state index contributed by atoms with van der Waals surface area (Å²) in [6, 6.07) is 3.62. The molecule has 1 aromatic carbocycles. The molecule has 2 aliphatic rings. The van der Waals surface area contributed by atoms with Crippen LogP contribution in [0.5, 0.6) is 5.75 Å². The Morgan fingerprint density at radius 1 is 1.24 bits per heavy atom. The first-order valence-corrected chi connectivity index (χ1v) is 12.6. The fourth-order valence-corrected chi connectivity index (χ4v) is 5.38. The van der Waals surface area contributed by atoms with Crippen LogP contribution in [0.15, 0.2) is 24.5 Å². The highest BCUT2D eigenvalue weighted by Gasteiger charge is 2.45. The van der Waals surface area contributed by atoms with Crippen LogP contribution in [0.1, 0.15) is 56.1 Å². The highest BCUT2D eigenvalue weighted by Crippen LogP contribution is 2.37. The zero-order chi connectivity index (χ0) is 26.5. The molecule has 37 heavy (non-hydrogen) atoms. The minimum atomic E-state index is -0.993. The second kappa shape index (κ2) is 9.32. The number of carbonyl (C=O) groups excluding carboxylic acids is 1. The van der Waals surface area contributed by atoms with Crippen molar-refractivity contribution < 1.29 is 23.8 Å². The summed E-state index contributed by atoms with van der Waals surface area (Å²) in [6.07, 6.45) is 3.14. The zero-order valence-corrected chi connectivity index (χ0v) is 21.5. The van der Waals surface area contributed by atoms with Crippen LogP contribution in [-0.4, -0.2) is 62.2 Å². The van der Waals surface area contributed by atoms with Gasteiger partial charge in [0, 0.05) is 17.8 Å². The first-order valence-electron chi connectivity index (χ1n) is 12.6. The Bertz CT molecular complexity index is 1360. The number of hydrogen-bond acceptors (Lipinski definition) is 5. The van der Waals surface area contributed by atoms with Gasteiger partial charge in [0.1, 0.15) is 29.1 Å². The molecule has 2 fully saturated rings. The second-order valence-electron chi connectivity index (χ2n) is 11.1. The van der Waals surface area contributed by atoms with E-state index in [0.717, 1.165) is 12.8 Å². The van der Waals surface area contributed by atoms with Gasteiger partial charge in [-0.15, -0.1) is 0 Å². The highest BCUT2D eigenvalue weighted by molar-refractivity contribution is 6.09. The van der Waals surface area contributed by atoms with Gasteiger partial charge in [-0.2, -0.15) is 0 Å². The molecule has 0 bridgehead atoms. The SMILES string of the molecule is Cc1[nH]c2c(-c3cc(F)ccc3OCC3CC3)ncnc2c1C(=O)N[C@@H]1CCN(C(=O)O)C1C(C)(C)C. The van der Waals surface area contributed by atoms with Crippen LogP contribution in [0.2, 0.25) is 0 Å². The van der Waals surface area contributed by atoms with Gasteiger partial charge in [-0.25, -0.2) is 19.2 Å². The lowest BCUT2D eigenvalue weighted by Gasteiger charge is -2.37. The Kier molecular flexibility index (Phi) is 6.29. The van der Waals surface area contributed by atoms with Crippen molar-refractivity contribution in [2.45, 2.75) is 59.0 Å². The van der Waals surface area contributed by atoms with Gasteiger partial charge in [0.2, 0.25) is 0 Å². The number of carbonyl (C=O) groups is 2. The molecule has 1 saturated heterocycles. The Morgan fingerprint density at radius 2 is 2.00 bits per heavy atom. The molecular formula is C27H32FN5O4. The summed E-state index contributed by atoms with van der Waals surface area (Å²) in [7, 11) is 0. The number of carboxylic acid groups (broad SMARTS) is 1. The van der Waals surface area contributed by atoms with Crippen LogP contribution in [-0.2, 0) is 0 Å². The van der Waals surface area contributed by atoms with E-state index in [1.165, 1.54) is 23.4 Å². The molecule has 0 spiro atoms. The summed E-state index contributed by atoms with van der Waals surface area (Å²) in [4.78, 5) is 38.8. The van der Waals surface area contributed by atoms with E-state index in [0.29, 0.717) is 64.8 Å². The number of H-pyrrole nitrogens is 1. The molecule has 2 aromatic heterocycles. The Balaban J connectivity index is 1.49. The molecule has 3 aromatic rings. The number of likely N-dealkylation sites (tertiary alicyclic amines) is 1. The van der Waals surface area contributed by atoms with Gasteiger partial charge in [-0.1, -0.05) is 20.8 Å². The first-order chi connectivity index (χ1) is 17.5. The van der Waals surface area contributed by atoms with E-state index in [9.17, 15) is 19.1 Å². The third kappa shape index (κ3) is 4.84. The maximum atomic E-state index is 14.3. The summed E-state index contributed by atoms with van der Waals surface area (Å²) >= 11 is 0. The van der Waals surface area contributed by atoms with Gasteiger partial charge in [0.25, 0.3) is 5.91 Å². The molecule has 1 aliphatic heterocycles. The second-order valence-corrected chi connectivity index (χ2v) is 11.1. The minimum absolute atomic E-state index is 0.343. The van der Waals surface area contributed by atoms with Crippen molar-refractivity contribution in [1.29, 1.82) is 0 Å². The summed E-state index contributed by atoms with van der Waals surface area (Å²) in [5, 5.41) is 12.7. The van der Waals surface area contributed by atoms with Crippen LogP contribution < -0.4 is 10.1 Å². The predicted octanol–water partition coefficient (Wildman–Crippen LogP) is 4.76. The number of ether oxygens (including phenoxy) is 1. The van der Waals surface area contributed by atoms with Crippen molar-refractivity contribution in [2.24, 2.45) is 11.3 Å². The van der Waals surface area contributed by atoms with Crippen molar-refractivity contribution in [2.75, 3.05) is 13.2 Å². The fraction of sp³-hybridized carbons (Fsp3) is 0.481. The monoisotopic (exact) mass is 509 g/mol. The van der Waals surface area contributed by atoms with Gasteiger partial charge in [-0.3, -0.25) is 4.79 Å². The van der Waals surface area contributed by atoms with Crippen LogP contribution in [0.4, 0.5) is 9.18 Å². The maximum absolute atomic E-state index is 14.3. The van der Waals surface area contributed by atoms with Crippen molar-refractivity contribution in [3.8, 4) is 17.0 Å². The molecule has 1 saturated carbocycles. The third-order valence-electron chi connectivity index (χ3n) is 7.21. The Hall–Kier alpha value is -3.69. The van der Waals surface area contributed by atoms with Crippen molar-refractivity contribution in [3.05, 3.63) is 41.6 Å². The average Bonchev–Trinajstić information content (AvgIpc) is 3.44. The van der Waals surface area contributed by atoms with Gasteiger partial charge in [-0.05, 0) is 55.7 Å². The van der Waals surface area contributed by atoms with E-state index in [1.54, 1.807) is 13.0 Å². The number of aryl methyl sites for hydroxylation is 1. The van der Waals surface area contributed by atoms with E-state index in [-0.39, 0.29) is 23.4 Å². The summed E-state index contributed by atoms with van der Waals surface area (Å²) < 4.78 is 20.3. The van der Waals surface area contributed by atoms with E-state index >= 15 is 0 Å². The quantitative estimate of drug-likeness (QED) is 0.441. The van der Waals surface area contributed by atoms with Crippen molar-refractivity contribution in [3.63, 3.8) is 0 Å². The molecule has 10 heteroatoms. The van der Waals surface area contributed by atoms with Gasteiger partial charge in [0.15, 0.2) is 0 Å². The van der Waals surface area contributed by atoms with Gasteiger partial charge < -0.3 is 25.0 Å². The number of amides is 2. The maximum Gasteiger partial charge on any atom is 0.407 e. The number of hydrogen-bond donors (Lipinski definition) is 3. The summed E-state index contributed by atoms with van der Waals surface area (Å²) in [5.74, 6) is 0.291. The van der Waals surface area contributed by atoms with Crippen LogP contribution in [0, 0.1) is 24.1 Å². The van der Waals surface area contributed by atoms with E-state index in [2.05, 4.69) is 20.3 Å². The Labute approximate surface area is 214 Å². The highest BCUT2D eigenvalue weighted by atomic mass is 19.1. The fourth-order valence-electron chi connectivity index (χ4n) is 5.38. The van der Waals surface area contributed by atoms with Crippen LogP contribution in [0.3, 0.4) is 0 Å². The number of fused-ring (bicyclic) bond motifs is 1. The van der Waals surface area contributed by atoms with Crippen molar-refractivity contribution in [1.82, 2.24) is 25.2 Å². The molecular weight excluding hydrogens is 477 g/mol. The largest absolute Gasteiger partial charge is 0.493 e. The van der Waals surface area contributed by atoms with Crippen LogP contribution >= 0.6 is 0 Å². The minimum Gasteiger partial charge on any atom is -0.493 e. The molecule has 1 unspecified atom stereocenters. The van der Waals surface area contributed by atoms with E-state index < -0.39 is 11.9 Å². The number of halogens is 1.